The van der Waals surface area contributed by atoms with E-state index < -0.39 is 6.04 Å². The van der Waals surface area contributed by atoms with Gasteiger partial charge in [0.05, 0.1) is 6.61 Å². The van der Waals surface area contributed by atoms with Gasteiger partial charge in [-0.15, -0.1) is 24.2 Å². The third-order valence-corrected chi connectivity index (χ3v) is 3.22. The van der Waals surface area contributed by atoms with Crippen molar-refractivity contribution in [2.45, 2.75) is 17.5 Å². The van der Waals surface area contributed by atoms with Crippen LogP contribution in [0.2, 0.25) is 0 Å². The van der Waals surface area contributed by atoms with E-state index in [1.54, 1.807) is 6.07 Å². The highest BCUT2D eigenvalue weighted by atomic mass is 35.5. The number of carbonyl (C=O) groups excluding carboxylic acids is 1. The van der Waals surface area contributed by atoms with Crippen LogP contribution >= 0.6 is 24.2 Å². The molecule has 0 fully saturated rings. The number of halogens is 2. The molecule has 0 bridgehead atoms. The topological polar surface area (TPSA) is 64.3 Å². The number of thioether (sulfide) groups is 1. The van der Waals surface area contributed by atoms with E-state index in [0.717, 1.165) is 10.5 Å². The van der Waals surface area contributed by atoms with Gasteiger partial charge in [0.15, 0.2) is 0 Å². The van der Waals surface area contributed by atoms with Crippen molar-refractivity contribution in [2.75, 3.05) is 20.0 Å². The standard InChI is InChI=1S/C12H17FN2O2S.ClH/c1-17-7-10(14)12(16)15-6-8-5-9(13)3-4-11(8)18-2;/h3-5,10H,6-7,14H2,1-2H3,(H,15,16);1H. The summed E-state index contributed by atoms with van der Waals surface area (Å²) in [5, 5.41) is 2.66. The van der Waals surface area contributed by atoms with Gasteiger partial charge in [-0.05, 0) is 30.0 Å². The second-order valence-electron chi connectivity index (χ2n) is 3.74. The Morgan fingerprint density at radius 3 is 2.84 bits per heavy atom. The van der Waals surface area contributed by atoms with E-state index in [1.165, 1.54) is 31.0 Å². The van der Waals surface area contributed by atoms with Gasteiger partial charge in [0.1, 0.15) is 11.9 Å². The lowest BCUT2D eigenvalue weighted by molar-refractivity contribution is -0.123. The molecule has 108 valence electrons. The highest BCUT2D eigenvalue weighted by molar-refractivity contribution is 7.98. The predicted octanol–water partition coefficient (Wildman–Crippen LogP) is 1.56. The Morgan fingerprint density at radius 1 is 1.58 bits per heavy atom. The maximum Gasteiger partial charge on any atom is 0.239 e. The van der Waals surface area contributed by atoms with Crippen LogP contribution in [0.4, 0.5) is 4.39 Å². The molecule has 1 rings (SSSR count). The number of carbonyl (C=O) groups is 1. The number of nitrogens with two attached hydrogens (primary N) is 1. The molecule has 1 amide bonds. The molecule has 0 saturated carbocycles. The zero-order chi connectivity index (χ0) is 13.5. The number of methoxy groups -OCH3 is 1. The lowest BCUT2D eigenvalue weighted by Crippen LogP contribution is -2.43. The first-order valence-electron chi connectivity index (χ1n) is 5.43. The molecule has 1 aromatic carbocycles. The molecule has 0 aliphatic carbocycles. The maximum atomic E-state index is 13.1. The van der Waals surface area contributed by atoms with Gasteiger partial charge in [-0.2, -0.15) is 0 Å². The Hall–Kier alpha value is -0.820. The Bertz CT molecular complexity index is 421. The average Bonchev–Trinajstić information content (AvgIpc) is 2.36. The average molecular weight is 309 g/mol. The Balaban J connectivity index is 0.00000324. The summed E-state index contributed by atoms with van der Waals surface area (Å²) in [6, 6.07) is 3.79. The van der Waals surface area contributed by atoms with Crippen molar-refractivity contribution in [3.63, 3.8) is 0 Å². The molecule has 0 aromatic heterocycles. The fraction of sp³-hybridized carbons (Fsp3) is 0.417. The van der Waals surface area contributed by atoms with Crippen LogP contribution in [-0.4, -0.2) is 31.9 Å². The van der Waals surface area contributed by atoms with Crippen LogP contribution in [0.25, 0.3) is 0 Å². The molecular weight excluding hydrogens is 291 g/mol. The molecule has 0 heterocycles. The lowest BCUT2D eigenvalue weighted by atomic mass is 10.2. The van der Waals surface area contributed by atoms with E-state index in [4.69, 9.17) is 10.5 Å². The molecule has 19 heavy (non-hydrogen) atoms. The van der Waals surface area contributed by atoms with Crippen LogP contribution in [0.15, 0.2) is 23.1 Å². The minimum absolute atomic E-state index is 0. The van der Waals surface area contributed by atoms with Crippen LogP contribution in [0.5, 0.6) is 0 Å². The molecule has 0 saturated heterocycles. The molecule has 4 nitrogen and oxygen atoms in total. The van der Waals surface area contributed by atoms with Gasteiger partial charge in [-0.1, -0.05) is 0 Å². The van der Waals surface area contributed by atoms with Gasteiger partial charge < -0.3 is 15.8 Å². The van der Waals surface area contributed by atoms with Crippen LogP contribution in [-0.2, 0) is 16.1 Å². The highest BCUT2D eigenvalue weighted by Crippen LogP contribution is 2.21. The summed E-state index contributed by atoms with van der Waals surface area (Å²) in [6.45, 7) is 0.411. The number of rotatable bonds is 6. The quantitative estimate of drug-likeness (QED) is 0.783. The minimum atomic E-state index is -0.707. The number of hydrogen-bond donors (Lipinski definition) is 2. The van der Waals surface area contributed by atoms with E-state index in [2.05, 4.69) is 5.32 Å². The van der Waals surface area contributed by atoms with Gasteiger partial charge in [0.25, 0.3) is 0 Å². The van der Waals surface area contributed by atoms with Crippen LogP contribution < -0.4 is 11.1 Å². The predicted molar refractivity (Wildman–Crippen MR) is 77.1 cm³/mol. The number of nitrogens with one attached hydrogen (secondary N) is 1. The number of benzene rings is 1. The van der Waals surface area contributed by atoms with Crippen molar-refractivity contribution in [1.29, 1.82) is 0 Å². The fourth-order valence-corrected chi connectivity index (χ4v) is 2.05. The Kier molecular flexibility index (Phi) is 8.75. The van der Waals surface area contributed by atoms with Crippen molar-refractivity contribution >= 4 is 30.1 Å². The third kappa shape index (κ3) is 5.78. The van der Waals surface area contributed by atoms with Crippen LogP contribution in [0.3, 0.4) is 0 Å². The van der Waals surface area contributed by atoms with Gasteiger partial charge in [0, 0.05) is 18.6 Å². The van der Waals surface area contributed by atoms with Crippen molar-refractivity contribution < 1.29 is 13.9 Å². The minimum Gasteiger partial charge on any atom is -0.383 e. The van der Waals surface area contributed by atoms with Crippen molar-refractivity contribution in [1.82, 2.24) is 5.32 Å². The summed E-state index contributed by atoms with van der Waals surface area (Å²) in [5.74, 6) is -0.633. The second-order valence-corrected chi connectivity index (χ2v) is 4.58. The van der Waals surface area contributed by atoms with E-state index >= 15 is 0 Å². The first-order chi connectivity index (χ1) is 8.58. The molecule has 0 spiro atoms. The van der Waals surface area contributed by atoms with Crippen molar-refractivity contribution in [3.8, 4) is 0 Å². The molecule has 7 heteroatoms. The van der Waals surface area contributed by atoms with E-state index in [0.29, 0.717) is 0 Å². The third-order valence-electron chi connectivity index (χ3n) is 2.38. The summed E-state index contributed by atoms with van der Waals surface area (Å²) in [4.78, 5) is 12.5. The molecule has 1 aromatic rings. The second kappa shape index (κ2) is 9.14. The summed E-state index contributed by atoms with van der Waals surface area (Å²) < 4.78 is 17.9. The summed E-state index contributed by atoms with van der Waals surface area (Å²) in [7, 11) is 1.48. The van der Waals surface area contributed by atoms with E-state index in [1.807, 2.05) is 6.26 Å². The summed E-state index contributed by atoms with van der Waals surface area (Å²) >= 11 is 1.50. The Morgan fingerprint density at radius 2 is 2.26 bits per heavy atom. The van der Waals surface area contributed by atoms with Crippen molar-refractivity contribution in [2.24, 2.45) is 5.73 Å². The zero-order valence-electron chi connectivity index (χ0n) is 10.8. The van der Waals surface area contributed by atoms with Gasteiger partial charge in [-0.25, -0.2) is 4.39 Å². The first kappa shape index (κ1) is 18.2. The van der Waals surface area contributed by atoms with Gasteiger partial charge in [-0.3, -0.25) is 4.79 Å². The van der Waals surface area contributed by atoms with Crippen molar-refractivity contribution in [3.05, 3.63) is 29.6 Å². The maximum absolute atomic E-state index is 13.1. The molecule has 1 atom stereocenters. The zero-order valence-corrected chi connectivity index (χ0v) is 12.4. The smallest absolute Gasteiger partial charge is 0.239 e. The highest BCUT2D eigenvalue weighted by Gasteiger charge is 2.13. The largest absolute Gasteiger partial charge is 0.383 e. The normalized spacial score (nSPS) is 11.6. The van der Waals surface area contributed by atoms with Crippen LogP contribution in [0, 0.1) is 5.82 Å². The first-order valence-corrected chi connectivity index (χ1v) is 6.65. The monoisotopic (exact) mass is 308 g/mol. The van der Waals surface area contributed by atoms with Gasteiger partial charge in [0.2, 0.25) is 5.91 Å². The molecule has 1 unspecified atom stereocenters. The molecule has 0 radical (unpaired) electrons. The number of hydrogen-bond acceptors (Lipinski definition) is 4. The van der Waals surface area contributed by atoms with Gasteiger partial charge >= 0.3 is 0 Å². The summed E-state index contributed by atoms with van der Waals surface area (Å²) in [5.41, 5.74) is 6.31. The number of ether oxygens (including phenoxy) is 1. The van der Waals surface area contributed by atoms with Crippen LogP contribution in [0.1, 0.15) is 5.56 Å². The van der Waals surface area contributed by atoms with E-state index in [9.17, 15) is 9.18 Å². The Labute approximate surface area is 122 Å². The molecule has 0 aliphatic rings. The summed E-state index contributed by atoms with van der Waals surface area (Å²) in [6.07, 6.45) is 1.90. The lowest BCUT2D eigenvalue weighted by Gasteiger charge is -2.13. The SMILES string of the molecule is COCC(N)C(=O)NCc1cc(F)ccc1SC.Cl. The number of amides is 1. The molecular formula is C12H18ClFN2O2S. The molecule has 3 N–H and O–H groups in total. The fourth-order valence-electron chi connectivity index (χ4n) is 1.45. The van der Waals surface area contributed by atoms with E-state index in [-0.39, 0.29) is 37.3 Å². The molecule has 0 aliphatic heterocycles.